The summed E-state index contributed by atoms with van der Waals surface area (Å²) in [5.74, 6) is -0.303. The van der Waals surface area contributed by atoms with Crippen LogP contribution >= 0.6 is 11.6 Å². The van der Waals surface area contributed by atoms with Crippen LogP contribution in [0.3, 0.4) is 0 Å². The average molecular weight is 201 g/mol. The van der Waals surface area contributed by atoms with E-state index in [1.165, 1.54) is 12.5 Å². The molecule has 0 amide bonds. The first-order valence-corrected chi connectivity index (χ1v) is 4.38. The number of rotatable bonds is 4. The molecule has 0 aromatic carbocycles. The molecule has 0 heterocycles. The lowest BCUT2D eigenvalue weighted by atomic mass is 10.3. The number of halogens is 1. The zero-order chi connectivity index (χ0) is 10.1. The minimum Gasteiger partial charge on any atom is -0.454 e. The molecule has 13 heavy (non-hydrogen) atoms. The fourth-order valence-electron chi connectivity index (χ4n) is 0.740. The SMILES string of the molecule is C/C=C/C(/C=C/C=C\Cl)OC(C)=O. The Morgan fingerprint density at radius 2 is 2.08 bits per heavy atom. The number of allylic oxidation sites excluding steroid dienone is 3. The van der Waals surface area contributed by atoms with Crippen molar-refractivity contribution in [2.24, 2.45) is 0 Å². The monoisotopic (exact) mass is 200 g/mol. The lowest BCUT2D eigenvalue weighted by molar-refractivity contribution is -0.142. The van der Waals surface area contributed by atoms with E-state index in [0.717, 1.165) is 0 Å². The van der Waals surface area contributed by atoms with Gasteiger partial charge in [0, 0.05) is 12.5 Å². The van der Waals surface area contributed by atoms with Crippen molar-refractivity contribution in [1.29, 1.82) is 0 Å². The third kappa shape index (κ3) is 7.34. The van der Waals surface area contributed by atoms with E-state index < -0.39 is 0 Å². The summed E-state index contributed by atoms with van der Waals surface area (Å²) < 4.78 is 4.95. The van der Waals surface area contributed by atoms with Gasteiger partial charge in [-0.2, -0.15) is 0 Å². The largest absolute Gasteiger partial charge is 0.454 e. The van der Waals surface area contributed by atoms with Crippen molar-refractivity contribution in [3.05, 3.63) is 35.9 Å². The van der Waals surface area contributed by atoms with Gasteiger partial charge in [0.2, 0.25) is 0 Å². The van der Waals surface area contributed by atoms with E-state index in [1.807, 2.05) is 13.0 Å². The Balaban J connectivity index is 4.16. The third-order valence-electron chi connectivity index (χ3n) is 1.17. The summed E-state index contributed by atoms with van der Waals surface area (Å²) in [7, 11) is 0. The van der Waals surface area contributed by atoms with Gasteiger partial charge in [-0.25, -0.2) is 0 Å². The Hall–Kier alpha value is -1.02. The van der Waals surface area contributed by atoms with Crippen molar-refractivity contribution in [1.82, 2.24) is 0 Å². The van der Waals surface area contributed by atoms with Crippen molar-refractivity contribution >= 4 is 17.6 Å². The van der Waals surface area contributed by atoms with Crippen molar-refractivity contribution in [3.63, 3.8) is 0 Å². The van der Waals surface area contributed by atoms with Gasteiger partial charge in [0.25, 0.3) is 0 Å². The second kappa shape index (κ2) is 7.62. The number of hydrogen-bond donors (Lipinski definition) is 0. The predicted molar refractivity (Wildman–Crippen MR) is 54.5 cm³/mol. The zero-order valence-electron chi connectivity index (χ0n) is 7.74. The molecule has 0 fully saturated rings. The summed E-state index contributed by atoms with van der Waals surface area (Å²) in [6.45, 7) is 3.24. The molecule has 72 valence electrons. The van der Waals surface area contributed by atoms with Gasteiger partial charge in [0.1, 0.15) is 6.10 Å². The normalized spacial score (nSPS) is 14.4. The first-order chi connectivity index (χ1) is 6.20. The van der Waals surface area contributed by atoms with Gasteiger partial charge < -0.3 is 4.74 Å². The second-order valence-electron chi connectivity index (χ2n) is 2.30. The summed E-state index contributed by atoms with van der Waals surface area (Å²) in [6, 6.07) is 0. The summed E-state index contributed by atoms with van der Waals surface area (Å²) in [6.07, 6.45) is 8.40. The van der Waals surface area contributed by atoms with E-state index in [9.17, 15) is 4.79 Å². The highest BCUT2D eigenvalue weighted by molar-refractivity contribution is 6.25. The molecule has 0 aliphatic heterocycles. The fourth-order valence-corrected chi connectivity index (χ4v) is 0.824. The Kier molecular flexibility index (Phi) is 7.02. The van der Waals surface area contributed by atoms with E-state index in [-0.39, 0.29) is 12.1 Å². The van der Waals surface area contributed by atoms with Crippen LogP contribution < -0.4 is 0 Å². The van der Waals surface area contributed by atoms with Gasteiger partial charge in [-0.05, 0) is 19.1 Å². The van der Waals surface area contributed by atoms with Crippen LogP contribution in [0.2, 0.25) is 0 Å². The zero-order valence-corrected chi connectivity index (χ0v) is 8.49. The maximum absolute atomic E-state index is 10.6. The fraction of sp³-hybridized carbons (Fsp3) is 0.300. The van der Waals surface area contributed by atoms with Crippen LogP contribution in [0.1, 0.15) is 13.8 Å². The van der Waals surface area contributed by atoms with Gasteiger partial charge in [0.05, 0.1) is 0 Å². The minimum atomic E-state index is -0.310. The quantitative estimate of drug-likeness (QED) is 0.396. The van der Waals surface area contributed by atoms with Gasteiger partial charge in [-0.1, -0.05) is 29.8 Å². The van der Waals surface area contributed by atoms with Gasteiger partial charge >= 0.3 is 5.97 Å². The van der Waals surface area contributed by atoms with Crippen LogP contribution in [0.5, 0.6) is 0 Å². The standard InChI is InChI=1S/C10H13ClO2/c1-3-6-10(13-9(2)12)7-4-5-8-11/h3-8,10H,1-2H3/b6-3+,7-4+,8-5-. The molecule has 1 unspecified atom stereocenters. The summed E-state index contributed by atoms with van der Waals surface area (Å²) in [4.78, 5) is 10.6. The van der Waals surface area contributed by atoms with Gasteiger partial charge in [-0.3, -0.25) is 4.79 Å². The van der Waals surface area contributed by atoms with Crippen LogP contribution in [-0.4, -0.2) is 12.1 Å². The van der Waals surface area contributed by atoms with Crippen LogP contribution in [0.4, 0.5) is 0 Å². The van der Waals surface area contributed by atoms with E-state index in [0.29, 0.717) is 0 Å². The van der Waals surface area contributed by atoms with E-state index in [1.54, 1.807) is 24.3 Å². The topological polar surface area (TPSA) is 26.3 Å². The van der Waals surface area contributed by atoms with Gasteiger partial charge in [-0.15, -0.1) is 0 Å². The highest BCUT2D eigenvalue weighted by atomic mass is 35.5. The van der Waals surface area contributed by atoms with Crippen molar-refractivity contribution < 1.29 is 9.53 Å². The van der Waals surface area contributed by atoms with Crippen LogP contribution in [0.25, 0.3) is 0 Å². The van der Waals surface area contributed by atoms with Crippen LogP contribution in [-0.2, 0) is 9.53 Å². The van der Waals surface area contributed by atoms with E-state index >= 15 is 0 Å². The first-order valence-electron chi connectivity index (χ1n) is 3.94. The molecule has 0 radical (unpaired) electrons. The molecule has 2 nitrogen and oxygen atoms in total. The third-order valence-corrected chi connectivity index (χ3v) is 1.31. The molecule has 0 rings (SSSR count). The lowest BCUT2D eigenvalue weighted by Crippen LogP contribution is -2.10. The number of esters is 1. The van der Waals surface area contributed by atoms with Gasteiger partial charge in [0.15, 0.2) is 0 Å². The molecule has 0 aliphatic rings. The van der Waals surface area contributed by atoms with E-state index in [2.05, 4.69) is 0 Å². The highest BCUT2D eigenvalue weighted by Crippen LogP contribution is 1.98. The highest BCUT2D eigenvalue weighted by Gasteiger charge is 2.01. The van der Waals surface area contributed by atoms with Crippen LogP contribution in [0.15, 0.2) is 35.9 Å². The maximum atomic E-state index is 10.6. The molecule has 0 aromatic rings. The molecule has 0 saturated heterocycles. The molecule has 0 aromatic heterocycles. The Morgan fingerprint density at radius 3 is 2.54 bits per heavy atom. The molecule has 0 spiro atoms. The van der Waals surface area contributed by atoms with Crippen LogP contribution in [0, 0.1) is 0 Å². The first kappa shape index (κ1) is 12.0. The second-order valence-corrected chi connectivity index (χ2v) is 2.56. The molecule has 1 atom stereocenters. The number of ether oxygens (including phenoxy) is 1. The Labute approximate surface area is 83.5 Å². The predicted octanol–water partition coefficient (Wildman–Crippen LogP) is 2.80. The molecule has 0 aliphatic carbocycles. The molecule has 3 heteroatoms. The average Bonchev–Trinajstić information content (AvgIpc) is 2.04. The van der Waals surface area contributed by atoms with Crippen molar-refractivity contribution in [2.45, 2.75) is 20.0 Å². The maximum Gasteiger partial charge on any atom is 0.303 e. The molecule has 0 saturated carbocycles. The molecule has 0 N–H and O–H groups in total. The summed E-state index contributed by atoms with van der Waals surface area (Å²) >= 11 is 5.31. The number of hydrogen-bond acceptors (Lipinski definition) is 2. The molecular formula is C10H13ClO2. The lowest BCUT2D eigenvalue weighted by Gasteiger charge is -2.06. The van der Waals surface area contributed by atoms with E-state index in [4.69, 9.17) is 16.3 Å². The molecule has 0 bridgehead atoms. The summed E-state index contributed by atoms with van der Waals surface area (Å²) in [5.41, 5.74) is 1.39. The smallest absolute Gasteiger partial charge is 0.303 e. The Bertz CT molecular complexity index is 229. The minimum absolute atomic E-state index is 0.303. The molecular weight excluding hydrogens is 188 g/mol. The number of carbonyl (C=O) groups is 1. The van der Waals surface area contributed by atoms with Crippen molar-refractivity contribution in [2.75, 3.05) is 0 Å². The Morgan fingerprint density at radius 1 is 1.38 bits per heavy atom. The number of carbonyl (C=O) groups excluding carboxylic acids is 1. The summed E-state index contributed by atoms with van der Waals surface area (Å²) in [5, 5.41) is 0. The van der Waals surface area contributed by atoms with Crippen molar-refractivity contribution in [3.8, 4) is 0 Å².